The van der Waals surface area contributed by atoms with E-state index in [1.165, 1.54) is 18.5 Å². The van der Waals surface area contributed by atoms with E-state index < -0.39 is 17.5 Å². The Kier molecular flexibility index (Phi) is 6.37. The number of nitrogens with zero attached hydrogens (tertiary/aromatic N) is 4. The second-order valence-corrected chi connectivity index (χ2v) is 9.21. The molecule has 1 aromatic carbocycles. The Morgan fingerprint density at radius 2 is 2.15 bits per heavy atom. The van der Waals surface area contributed by atoms with Crippen LogP contribution < -0.4 is 15.8 Å². The molecule has 33 heavy (non-hydrogen) atoms. The minimum absolute atomic E-state index is 0.00155. The second-order valence-electron chi connectivity index (χ2n) is 9.21. The Morgan fingerprint density at radius 3 is 2.91 bits per heavy atom. The van der Waals surface area contributed by atoms with E-state index in [-0.39, 0.29) is 17.7 Å². The summed E-state index contributed by atoms with van der Waals surface area (Å²) in [5.41, 5.74) is 7.01. The molecule has 0 radical (unpaired) electrons. The summed E-state index contributed by atoms with van der Waals surface area (Å²) in [5, 5.41) is 7.21. The van der Waals surface area contributed by atoms with E-state index in [0.29, 0.717) is 24.3 Å². The molecule has 0 aliphatic carbocycles. The molecule has 3 heterocycles. The van der Waals surface area contributed by atoms with Gasteiger partial charge in [-0.1, -0.05) is 0 Å². The average Bonchev–Trinajstić information content (AvgIpc) is 3.12. The maximum absolute atomic E-state index is 14.3. The third kappa shape index (κ3) is 5.70. The number of fused-ring (bicyclic) bond motifs is 1. The van der Waals surface area contributed by atoms with Gasteiger partial charge in [0.05, 0.1) is 0 Å². The number of hydrogen-bond acceptors (Lipinski definition) is 7. The first kappa shape index (κ1) is 22.8. The largest absolute Gasteiger partial charge is 0.444 e. The van der Waals surface area contributed by atoms with E-state index in [4.69, 9.17) is 15.2 Å². The third-order valence-corrected chi connectivity index (χ3v) is 5.29. The van der Waals surface area contributed by atoms with E-state index >= 15 is 0 Å². The number of nitrogens with two attached hydrogens (primary N) is 1. The van der Waals surface area contributed by atoms with Crippen molar-refractivity contribution in [2.45, 2.75) is 51.8 Å². The number of nitrogens with one attached hydrogen (secondary N) is 1. The molecule has 9 nitrogen and oxygen atoms in total. The lowest BCUT2D eigenvalue weighted by Gasteiger charge is -2.33. The molecule has 0 saturated carbocycles. The summed E-state index contributed by atoms with van der Waals surface area (Å²) in [4.78, 5) is 18.7. The summed E-state index contributed by atoms with van der Waals surface area (Å²) in [5.74, 6) is -0.266. The van der Waals surface area contributed by atoms with Gasteiger partial charge in [-0.05, 0) is 63.9 Å². The van der Waals surface area contributed by atoms with Gasteiger partial charge in [-0.2, -0.15) is 10.1 Å². The van der Waals surface area contributed by atoms with E-state index in [1.54, 1.807) is 10.6 Å². The second kappa shape index (κ2) is 9.22. The molecule has 1 amide bonds. The minimum Gasteiger partial charge on any atom is -0.444 e. The highest BCUT2D eigenvalue weighted by molar-refractivity contribution is 5.68. The number of rotatable bonds is 5. The maximum Gasteiger partial charge on any atom is 0.407 e. The van der Waals surface area contributed by atoms with Gasteiger partial charge >= 0.3 is 6.09 Å². The summed E-state index contributed by atoms with van der Waals surface area (Å²) >= 11 is 0. The Morgan fingerprint density at radius 1 is 1.33 bits per heavy atom. The number of carbonyl (C=O) groups is 1. The molecule has 1 fully saturated rings. The van der Waals surface area contributed by atoms with Crippen LogP contribution in [0.5, 0.6) is 11.6 Å². The zero-order valence-electron chi connectivity index (χ0n) is 19.0. The number of likely N-dealkylation sites (tertiary alicyclic amines) is 1. The first-order chi connectivity index (χ1) is 15.7. The molecule has 1 aliphatic heterocycles. The highest BCUT2D eigenvalue weighted by Crippen LogP contribution is 2.30. The van der Waals surface area contributed by atoms with Crippen molar-refractivity contribution in [1.82, 2.24) is 24.8 Å². The summed E-state index contributed by atoms with van der Waals surface area (Å²) in [6.45, 7) is 7.71. The van der Waals surface area contributed by atoms with Gasteiger partial charge in [0.15, 0.2) is 11.6 Å². The van der Waals surface area contributed by atoms with Gasteiger partial charge in [0, 0.05) is 37.1 Å². The lowest BCUT2D eigenvalue weighted by Crippen LogP contribution is -2.48. The highest BCUT2D eigenvalue weighted by atomic mass is 19.1. The highest BCUT2D eigenvalue weighted by Gasteiger charge is 2.25. The van der Waals surface area contributed by atoms with Gasteiger partial charge in [-0.15, -0.1) is 0 Å². The molecule has 0 spiro atoms. The number of aromatic nitrogens is 3. The van der Waals surface area contributed by atoms with E-state index in [9.17, 15) is 9.18 Å². The summed E-state index contributed by atoms with van der Waals surface area (Å²) < 4.78 is 27.1. The minimum atomic E-state index is -0.563. The van der Waals surface area contributed by atoms with Crippen molar-refractivity contribution in [3.05, 3.63) is 48.2 Å². The first-order valence-corrected chi connectivity index (χ1v) is 10.9. The van der Waals surface area contributed by atoms with Crippen molar-refractivity contribution in [2.75, 3.05) is 18.8 Å². The fourth-order valence-corrected chi connectivity index (χ4v) is 3.93. The number of alkyl carbamates (subject to hydrolysis) is 1. The van der Waals surface area contributed by atoms with Crippen molar-refractivity contribution in [1.29, 1.82) is 0 Å². The van der Waals surface area contributed by atoms with Gasteiger partial charge in [0.25, 0.3) is 0 Å². The number of carbonyl (C=O) groups excluding carboxylic acids is 1. The molecule has 10 heteroatoms. The number of benzene rings is 1. The van der Waals surface area contributed by atoms with Gasteiger partial charge in [0.2, 0.25) is 5.88 Å². The fourth-order valence-electron chi connectivity index (χ4n) is 3.93. The predicted molar refractivity (Wildman–Crippen MR) is 122 cm³/mol. The van der Waals surface area contributed by atoms with E-state index in [2.05, 4.69) is 20.3 Å². The Balaban J connectivity index is 1.49. The lowest BCUT2D eigenvalue weighted by atomic mass is 10.1. The first-order valence-electron chi connectivity index (χ1n) is 10.9. The van der Waals surface area contributed by atoms with Crippen LogP contribution in [0.4, 0.5) is 14.9 Å². The standard InChI is InChI=1S/C23H29FN6O3/c1-23(2,3)33-22(31)28-17-5-4-9-29(13-17)12-15-8-10-30-20(15)21(26-14-27-30)32-19-7-6-16(25)11-18(19)24/h6-8,10-11,14,17H,4-5,9,12-13,25H2,1-3H3,(H,28,31). The number of piperidine rings is 1. The molecule has 1 saturated heterocycles. The molecular formula is C23H29FN6O3. The third-order valence-electron chi connectivity index (χ3n) is 5.29. The molecule has 1 aliphatic rings. The normalized spacial score (nSPS) is 17.2. The monoisotopic (exact) mass is 456 g/mol. The van der Waals surface area contributed by atoms with Crippen molar-refractivity contribution >= 4 is 17.3 Å². The molecule has 2 aromatic heterocycles. The molecular weight excluding hydrogens is 427 g/mol. The van der Waals surface area contributed by atoms with Crippen LogP contribution in [0.2, 0.25) is 0 Å². The van der Waals surface area contributed by atoms with E-state index in [0.717, 1.165) is 24.9 Å². The smallest absolute Gasteiger partial charge is 0.407 e. The summed E-state index contributed by atoms with van der Waals surface area (Å²) in [6.07, 6.45) is 4.61. The molecule has 3 aromatic rings. The van der Waals surface area contributed by atoms with Crippen molar-refractivity contribution in [3.63, 3.8) is 0 Å². The zero-order chi connectivity index (χ0) is 23.6. The van der Waals surface area contributed by atoms with Crippen LogP contribution in [-0.2, 0) is 11.3 Å². The van der Waals surface area contributed by atoms with Gasteiger partial charge in [0.1, 0.15) is 17.4 Å². The molecule has 0 bridgehead atoms. The lowest BCUT2D eigenvalue weighted by molar-refractivity contribution is 0.0470. The number of anilines is 1. The van der Waals surface area contributed by atoms with E-state index in [1.807, 2.05) is 33.0 Å². The number of amides is 1. The fraction of sp³-hybridized carbons (Fsp3) is 0.435. The van der Waals surface area contributed by atoms with Crippen LogP contribution in [0, 0.1) is 5.82 Å². The Hall–Kier alpha value is -3.40. The van der Waals surface area contributed by atoms with Crippen molar-refractivity contribution < 1.29 is 18.7 Å². The number of nitrogen functional groups attached to an aromatic ring is 1. The molecule has 4 rings (SSSR count). The van der Waals surface area contributed by atoms with Crippen LogP contribution in [0.15, 0.2) is 36.8 Å². The zero-order valence-corrected chi connectivity index (χ0v) is 19.0. The quantitative estimate of drug-likeness (QED) is 0.563. The SMILES string of the molecule is CC(C)(C)OC(=O)NC1CCCN(Cc2ccn3ncnc(Oc4ccc(N)cc4F)c23)C1. The van der Waals surface area contributed by atoms with Gasteiger partial charge in [-0.3, -0.25) is 4.90 Å². The maximum atomic E-state index is 14.3. The summed E-state index contributed by atoms with van der Waals surface area (Å²) in [7, 11) is 0. The predicted octanol–water partition coefficient (Wildman–Crippen LogP) is 3.73. The molecule has 1 atom stereocenters. The molecule has 1 unspecified atom stereocenters. The number of hydrogen-bond donors (Lipinski definition) is 2. The molecule has 176 valence electrons. The van der Waals surface area contributed by atoms with Gasteiger partial charge < -0.3 is 20.5 Å². The van der Waals surface area contributed by atoms with Crippen LogP contribution in [-0.4, -0.2) is 50.3 Å². The topological polar surface area (TPSA) is 107 Å². The van der Waals surface area contributed by atoms with Crippen molar-refractivity contribution in [2.24, 2.45) is 0 Å². The van der Waals surface area contributed by atoms with Crippen molar-refractivity contribution in [3.8, 4) is 11.6 Å². The Bertz CT molecular complexity index is 1140. The summed E-state index contributed by atoms with van der Waals surface area (Å²) in [6, 6.07) is 6.20. The average molecular weight is 457 g/mol. The van der Waals surface area contributed by atoms with Crippen LogP contribution >= 0.6 is 0 Å². The van der Waals surface area contributed by atoms with Gasteiger partial charge in [-0.25, -0.2) is 13.7 Å². The van der Waals surface area contributed by atoms with Crippen LogP contribution in [0.1, 0.15) is 39.2 Å². The van der Waals surface area contributed by atoms with Crippen LogP contribution in [0.3, 0.4) is 0 Å². The molecule has 3 N–H and O–H groups in total. The Labute approximate surface area is 191 Å². The number of ether oxygens (including phenoxy) is 2. The number of halogens is 1. The van der Waals surface area contributed by atoms with Crippen LogP contribution in [0.25, 0.3) is 5.52 Å².